The Hall–Kier alpha value is -2.30. The molecule has 122 valence electrons. The molecule has 0 N–H and O–H groups in total. The van der Waals surface area contributed by atoms with E-state index in [4.69, 9.17) is 4.74 Å². The van der Waals surface area contributed by atoms with Crippen molar-refractivity contribution in [1.82, 2.24) is 14.5 Å². The molecule has 1 saturated heterocycles. The summed E-state index contributed by atoms with van der Waals surface area (Å²) in [4.78, 5) is 17.9. The highest BCUT2D eigenvalue weighted by Gasteiger charge is 2.20. The number of ether oxygens (including phenoxy) is 1. The maximum Gasteiger partial charge on any atom is 0.238 e. The number of nitrogens with zero attached hydrogens (tertiary/aromatic N) is 3. The first-order chi connectivity index (χ1) is 11.1. The first-order valence-corrected chi connectivity index (χ1v) is 8.09. The molecule has 3 heterocycles. The van der Waals surface area contributed by atoms with E-state index in [0.29, 0.717) is 25.5 Å². The van der Waals surface area contributed by atoms with Crippen molar-refractivity contribution in [2.24, 2.45) is 0 Å². The van der Waals surface area contributed by atoms with E-state index in [0.717, 1.165) is 30.4 Å². The molecule has 1 aliphatic heterocycles. The number of hydrogen-bond donors (Lipinski definition) is 0. The molecular weight excluding hydrogens is 290 g/mol. The van der Waals surface area contributed by atoms with Crippen LogP contribution in [0.1, 0.15) is 24.1 Å². The van der Waals surface area contributed by atoms with Gasteiger partial charge in [-0.2, -0.15) is 0 Å². The van der Waals surface area contributed by atoms with Gasteiger partial charge in [0.25, 0.3) is 0 Å². The van der Waals surface area contributed by atoms with Crippen molar-refractivity contribution in [1.29, 1.82) is 0 Å². The second-order valence-corrected chi connectivity index (χ2v) is 5.95. The summed E-state index contributed by atoms with van der Waals surface area (Å²) in [7, 11) is 0. The maximum atomic E-state index is 11.7. The van der Waals surface area contributed by atoms with Crippen molar-refractivity contribution in [3.05, 3.63) is 36.2 Å². The third kappa shape index (κ3) is 2.83. The van der Waals surface area contributed by atoms with Crippen molar-refractivity contribution in [2.75, 3.05) is 19.7 Å². The Morgan fingerprint density at radius 2 is 2.26 bits per heavy atom. The minimum Gasteiger partial charge on any atom is -0.474 e. The van der Waals surface area contributed by atoms with Gasteiger partial charge in [0.15, 0.2) is 0 Å². The molecule has 5 nitrogen and oxygen atoms in total. The molecular formula is C18H23N3O2. The summed E-state index contributed by atoms with van der Waals surface area (Å²) < 4.78 is 8.11. The van der Waals surface area contributed by atoms with E-state index in [-0.39, 0.29) is 5.91 Å². The van der Waals surface area contributed by atoms with Gasteiger partial charge in [0.05, 0.1) is 6.54 Å². The summed E-state index contributed by atoms with van der Waals surface area (Å²) >= 11 is 0. The van der Waals surface area contributed by atoms with Crippen molar-refractivity contribution in [3.8, 4) is 5.88 Å². The average Bonchev–Trinajstić information content (AvgIpc) is 3.06. The Bertz CT molecular complexity index is 748. The van der Waals surface area contributed by atoms with Gasteiger partial charge in [-0.25, -0.2) is 4.98 Å². The summed E-state index contributed by atoms with van der Waals surface area (Å²) in [6.07, 6.45) is 5.27. The third-order valence-corrected chi connectivity index (χ3v) is 4.60. The van der Waals surface area contributed by atoms with E-state index in [9.17, 15) is 4.79 Å². The number of pyridine rings is 1. The first-order valence-electron chi connectivity index (χ1n) is 8.09. The van der Waals surface area contributed by atoms with Gasteiger partial charge in [-0.15, -0.1) is 6.58 Å². The Morgan fingerprint density at radius 1 is 1.43 bits per heavy atom. The van der Waals surface area contributed by atoms with Gasteiger partial charge in [-0.3, -0.25) is 4.79 Å². The zero-order valence-electron chi connectivity index (χ0n) is 13.8. The lowest BCUT2D eigenvalue weighted by atomic mass is 10.2. The van der Waals surface area contributed by atoms with E-state index in [1.54, 1.807) is 6.20 Å². The Balaban J connectivity index is 1.84. The Labute approximate surface area is 136 Å². The topological polar surface area (TPSA) is 47.4 Å². The van der Waals surface area contributed by atoms with Crippen LogP contribution in [0.2, 0.25) is 0 Å². The van der Waals surface area contributed by atoms with E-state index in [2.05, 4.69) is 30.0 Å². The third-order valence-electron chi connectivity index (χ3n) is 4.60. The van der Waals surface area contributed by atoms with Crippen LogP contribution in [-0.2, 0) is 11.3 Å². The van der Waals surface area contributed by atoms with Gasteiger partial charge >= 0.3 is 0 Å². The molecule has 0 radical (unpaired) electrons. The highest BCUT2D eigenvalue weighted by atomic mass is 16.5. The molecule has 0 atom stereocenters. The lowest BCUT2D eigenvalue weighted by Gasteiger charge is -2.16. The molecule has 1 aliphatic rings. The molecule has 2 aromatic heterocycles. The van der Waals surface area contributed by atoms with Crippen molar-refractivity contribution < 1.29 is 9.53 Å². The standard InChI is InChI=1S/C18H23N3O2/c1-4-9-21-14(3)13(2)15-7-8-19-18(17(15)21)23-12-11-20-10-5-6-16(20)22/h4,7-8H,1,5-6,9-12H2,2-3H3. The molecule has 5 heteroatoms. The van der Waals surface area contributed by atoms with Gasteiger partial charge in [-0.05, 0) is 31.9 Å². The fourth-order valence-corrected chi connectivity index (χ4v) is 3.22. The largest absolute Gasteiger partial charge is 0.474 e. The second-order valence-electron chi connectivity index (χ2n) is 5.95. The minimum absolute atomic E-state index is 0.224. The summed E-state index contributed by atoms with van der Waals surface area (Å²) in [5, 5.41) is 1.16. The van der Waals surface area contributed by atoms with Crippen molar-refractivity contribution in [3.63, 3.8) is 0 Å². The first kappa shape index (κ1) is 15.6. The zero-order valence-corrected chi connectivity index (χ0v) is 13.8. The number of carbonyl (C=O) groups is 1. The molecule has 0 aliphatic carbocycles. The SMILES string of the molecule is C=CCn1c(C)c(C)c2ccnc(OCCN3CCCC3=O)c21. The number of likely N-dealkylation sites (tertiary alicyclic amines) is 1. The molecule has 2 aromatic rings. The normalized spacial score (nSPS) is 14.7. The molecule has 1 amide bonds. The minimum atomic E-state index is 0.224. The van der Waals surface area contributed by atoms with Gasteiger partial charge in [-0.1, -0.05) is 6.08 Å². The predicted octanol–water partition coefficient (Wildman–Crippen LogP) is 2.84. The molecule has 3 rings (SSSR count). The number of hydrogen-bond acceptors (Lipinski definition) is 3. The molecule has 0 unspecified atom stereocenters. The van der Waals surface area contributed by atoms with Gasteiger partial charge in [0, 0.05) is 36.8 Å². The van der Waals surface area contributed by atoms with Crippen LogP contribution in [0.25, 0.3) is 10.9 Å². The average molecular weight is 313 g/mol. The Kier molecular flexibility index (Phi) is 4.37. The van der Waals surface area contributed by atoms with Crippen LogP contribution in [0.4, 0.5) is 0 Å². The van der Waals surface area contributed by atoms with Crippen LogP contribution in [-0.4, -0.2) is 40.1 Å². The maximum absolute atomic E-state index is 11.7. The molecule has 0 spiro atoms. The van der Waals surface area contributed by atoms with Crippen LogP contribution in [0.3, 0.4) is 0 Å². The van der Waals surface area contributed by atoms with Crippen LogP contribution in [0, 0.1) is 13.8 Å². The number of amides is 1. The molecule has 1 fully saturated rings. The molecule has 0 aromatic carbocycles. The van der Waals surface area contributed by atoms with Crippen molar-refractivity contribution in [2.45, 2.75) is 33.2 Å². The lowest BCUT2D eigenvalue weighted by Crippen LogP contribution is -2.29. The summed E-state index contributed by atoms with van der Waals surface area (Å²) in [6.45, 7) is 10.7. The smallest absolute Gasteiger partial charge is 0.238 e. The molecule has 0 bridgehead atoms. The lowest BCUT2D eigenvalue weighted by molar-refractivity contribution is -0.128. The molecule has 23 heavy (non-hydrogen) atoms. The zero-order chi connectivity index (χ0) is 16.4. The monoisotopic (exact) mass is 313 g/mol. The van der Waals surface area contributed by atoms with Crippen LogP contribution >= 0.6 is 0 Å². The highest BCUT2D eigenvalue weighted by molar-refractivity contribution is 5.88. The predicted molar refractivity (Wildman–Crippen MR) is 90.7 cm³/mol. The second kappa shape index (κ2) is 6.44. The summed E-state index contributed by atoms with van der Waals surface area (Å²) in [5.74, 6) is 0.855. The van der Waals surface area contributed by atoms with E-state index >= 15 is 0 Å². The van der Waals surface area contributed by atoms with Crippen molar-refractivity contribution >= 4 is 16.8 Å². The Morgan fingerprint density at radius 3 is 2.96 bits per heavy atom. The van der Waals surface area contributed by atoms with E-state index < -0.39 is 0 Å². The quantitative estimate of drug-likeness (QED) is 0.771. The van der Waals surface area contributed by atoms with E-state index in [1.807, 2.05) is 17.0 Å². The van der Waals surface area contributed by atoms with Crippen LogP contribution in [0.5, 0.6) is 5.88 Å². The summed E-state index contributed by atoms with van der Waals surface area (Å²) in [5.41, 5.74) is 3.45. The van der Waals surface area contributed by atoms with Gasteiger partial charge < -0.3 is 14.2 Å². The van der Waals surface area contributed by atoms with E-state index in [1.165, 1.54) is 11.3 Å². The number of aromatic nitrogens is 2. The number of carbonyl (C=O) groups excluding carboxylic acids is 1. The van der Waals surface area contributed by atoms with Gasteiger partial charge in [0.2, 0.25) is 11.8 Å². The van der Waals surface area contributed by atoms with Crippen LogP contribution in [0.15, 0.2) is 24.9 Å². The fourth-order valence-electron chi connectivity index (χ4n) is 3.22. The van der Waals surface area contributed by atoms with Gasteiger partial charge in [0.1, 0.15) is 12.1 Å². The highest BCUT2D eigenvalue weighted by Crippen LogP contribution is 2.30. The number of allylic oxidation sites excluding steroid dienone is 1. The number of rotatable bonds is 6. The number of fused-ring (bicyclic) bond motifs is 1. The van der Waals surface area contributed by atoms with Crippen LogP contribution < -0.4 is 4.74 Å². The molecule has 0 saturated carbocycles. The summed E-state index contributed by atoms with van der Waals surface area (Å²) in [6, 6.07) is 2.02. The number of aryl methyl sites for hydroxylation is 1. The fraction of sp³-hybridized carbons (Fsp3) is 0.444.